The summed E-state index contributed by atoms with van der Waals surface area (Å²) < 4.78 is 0. The standard InChI is InChI=1S/C16H27N7O8/c1-6(21-14(28)7(17)4-11(19)25)13(27)23-9(5-12(20)26)15(29)22-8(16(30)31)2-3-10(18)24/h6-9H,2-5,17H2,1H3,(H2,18,24)(H2,19,25)(H2,20,26)(H,21,28)(H,22,29)(H,23,27)(H,30,31). The summed E-state index contributed by atoms with van der Waals surface area (Å²) in [6.07, 6.45) is -1.80. The number of carbonyl (C=O) groups excluding carboxylic acids is 6. The van der Waals surface area contributed by atoms with E-state index >= 15 is 0 Å². The molecule has 0 saturated carbocycles. The third-order valence-corrected chi connectivity index (χ3v) is 3.84. The summed E-state index contributed by atoms with van der Waals surface area (Å²) in [5.74, 6) is -6.93. The second-order valence-electron chi connectivity index (χ2n) is 6.64. The predicted octanol–water partition coefficient (Wildman–Crippen LogP) is -5.11. The minimum Gasteiger partial charge on any atom is -0.480 e. The van der Waals surface area contributed by atoms with Crippen LogP contribution in [0.2, 0.25) is 0 Å². The largest absolute Gasteiger partial charge is 0.480 e. The molecule has 0 radical (unpaired) electrons. The molecule has 174 valence electrons. The van der Waals surface area contributed by atoms with E-state index in [1.54, 1.807) is 0 Å². The van der Waals surface area contributed by atoms with Crippen LogP contribution in [0.5, 0.6) is 0 Å². The first kappa shape index (κ1) is 27.2. The van der Waals surface area contributed by atoms with Crippen molar-refractivity contribution in [1.82, 2.24) is 16.0 Å². The number of carboxylic acid groups (broad SMARTS) is 1. The fourth-order valence-electron chi connectivity index (χ4n) is 2.22. The molecule has 0 aliphatic carbocycles. The van der Waals surface area contributed by atoms with Crippen molar-refractivity contribution in [1.29, 1.82) is 0 Å². The summed E-state index contributed by atoms with van der Waals surface area (Å²) in [6, 6.07) is -5.64. The van der Waals surface area contributed by atoms with Crippen molar-refractivity contribution in [3.63, 3.8) is 0 Å². The van der Waals surface area contributed by atoms with E-state index in [-0.39, 0.29) is 12.8 Å². The van der Waals surface area contributed by atoms with E-state index in [4.69, 9.17) is 28.0 Å². The summed E-state index contributed by atoms with van der Waals surface area (Å²) in [7, 11) is 0. The topological polar surface area (TPSA) is 280 Å². The van der Waals surface area contributed by atoms with Crippen molar-refractivity contribution in [2.24, 2.45) is 22.9 Å². The number of rotatable bonds is 14. The molecular formula is C16H27N7O8. The quantitative estimate of drug-likeness (QED) is 0.127. The van der Waals surface area contributed by atoms with Crippen molar-refractivity contribution in [3.8, 4) is 0 Å². The molecule has 0 aliphatic rings. The van der Waals surface area contributed by atoms with Crippen LogP contribution in [0.1, 0.15) is 32.6 Å². The number of carbonyl (C=O) groups is 7. The summed E-state index contributed by atoms with van der Waals surface area (Å²) in [5.41, 5.74) is 20.4. The van der Waals surface area contributed by atoms with Gasteiger partial charge in [-0.2, -0.15) is 0 Å². The number of aliphatic carboxylic acids is 1. The molecule has 0 spiro atoms. The van der Waals surface area contributed by atoms with Crippen molar-refractivity contribution < 1.29 is 38.7 Å². The monoisotopic (exact) mass is 445 g/mol. The summed E-state index contributed by atoms with van der Waals surface area (Å²) in [4.78, 5) is 80.7. The molecule has 15 nitrogen and oxygen atoms in total. The molecule has 0 bridgehead atoms. The number of primary amides is 3. The lowest BCUT2D eigenvalue weighted by molar-refractivity contribution is -0.142. The Bertz CT molecular complexity index is 741. The first-order valence-electron chi connectivity index (χ1n) is 8.99. The Kier molecular flexibility index (Phi) is 11.2. The molecule has 15 heteroatoms. The number of hydrogen-bond acceptors (Lipinski definition) is 8. The molecule has 4 unspecified atom stereocenters. The van der Waals surface area contributed by atoms with Gasteiger partial charge in [-0.1, -0.05) is 0 Å². The maximum Gasteiger partial charge on any atom is 0.326 e. The molecular weight excluding hydrogens is 418 g/mol. The summed E-state index contributed by atoms with van der Waals surface area (Å²) >= 11 is 0. The fraction of sp³-hybridized carbons (Fsp3) is 0.562. The highest BCUT2D eigenvalue weighted by Gasteiger charge is 2.30. The molecule has 12 N–H and O–H groups in total. The SMILES string of the molecule is CC(NC(=O)C(N)CC(N)=O)C(=O)NC(CC(N)=O)C(=O)NC(CCC(N)=O)C(=O)O. The predicted molar refractivity (Wildman–Crippen MR) is 103 cm³/mol. The van der Waals surface area contributed by atoms with Crippen LogP contribution in [0.4, 0.5) is 0 Å². The lowest BCUT2D eigenvalue weighted by atomic mass is 10.1. The number of nitrogens with one attached hydrogen (secondary N) is 3. The van der Waals surface area contributed by atoms with E-state index in [2.05, 4.69) is 16.0 Å². The molecule has 31 heavy (non-hydrogen) atoms. The normalized spacial score (nSPS) is 14.3. The maximum absolute atomic E-state index is 12.4. The van der Waals surface area contributed by atoms with Gasteiger partial charge in [0.2, 0.25) is 35.4 Å². The van der Waals surface area contributed by atoms with Gasteiger partial charge in [0.1, 0.15) is 18.1 Å². The van der Waals surface area contributed by atoms with E-state index in [1.165, 1.54) is 6.92 Å². The maximum atomic E-state index is 12.4. The molecule has 0 heterocycles. The Hall–Kier alpha value is -3.75. The second kappa shape index (κ2) is 12.7. The van der Waals surface area contributed by atoms with Gasteiger partial charge in [-0.15, -0.1) is 0 Å². The second-order valence-corrected chi connectivity index (χ2v) is 6.64. The number of nitrogens with two attached hydrogens (primary N) is 4. The van der Waals surface area contributed by atoms with Gasteiger partial charge in [-0.05, 0) is 13.3 Å². The molecule has 0 aromatic carbocycles. The third-order valence-electron chi connectivity index (χ3n) is 3.84. The van der Waals surface area contributed by atoms with Crippen LogP contribution in [0.15, 0.2) is 0 Å². The van der Waals surface area contributed by atoms with Crippen LogP contribution in [-0.4, -0.2) is 70.7 Å². The minimum atomic E-state index is -1.57. The van der Waals surface area contributed by atoms with E-state index in [9.17, 15) is 33.6 Å². The van der Waals surface area contributed by atoms with Crippen molar-refractivity contribution >= 4 is 41.4 Å². The van der Waals surface area contributed by atoms with Gasteiger partial charge in [0.25, 0.3) is 0 Å². The van der Waals surface area contributed by atoms with E-state index in [0.717, 1.165) is 0 Å². The first-order chi connectivity index (χ1) is 14.2. The smallest absolute Gasteiger partial charge is 0.326 e. The Morgan fingerprint density at radius 2 is 1.26 bits per heavy atom. The van der Waals surface area contributed by atoms with Crippen LogP contribution >= 0.6 is 0 Å². The van der Waals surface area contributed by atoms with Gasteiger partial charge in [0.05, 0.1) is 18.9 Å². The molecule has 4 atom stereocenters. The van der Waals surface area contributed by atoms with E-state index < -0.39 is 78.4 Å². The van der Waals surface area contributed by atoms with Gasteiger partial charge < -0.3 is 44.0 Å². The zero-order valence-electron chi connectivity index (χ0n) is 16.8. The van der Waals surface area contributed by atoms with Gasteiger partial charge in [-0.25, -0.2) is 4.79 Å². The summed E-state index contributed by atoms with van der Waals surface area (Å²) in [6.45, 7) is 1.23. The Morgan fingerprint density at radius 3 is 1.71 bits per heavy atom. The van der Waals surface area contributed by atoms with Crippen LogP contribution in [-0.2, 0) is 33.6 Å². The molecule has 0 rings (SSSR count). The summed E-state index contributed by atoms with van der Waals surface area (Å²) in [5, 5.41) is 15.6. The molecule has 0 aliphatic heterocycles. The van der Waals surface area contributed by atoms with E-state index in [0.29, 0.717) is 0 Å². The Labute approximate surface area is 176 Å². The van der Waals surface area contributed by atoms with Crippen LogP contribution in [0.3, 0.4) is 0 Å². The molecule has 0 aromatic rings. The van der Waals surface area contributed by atoms with Gasteiger partial charge in [0.15, 0.2) is 0 Å². The number of hydrogen-bond donors (Lipinski definition) is 8. The number of amides is 6. The highest BCUT2D eigenvalue weighted by atomic mass is 16.4. The molecule has 6 amide bonds. The van der Waals surface area contributed by atoms with Crippen molar-refractivity contribution in [2.45, 2.75) is 56.8 Å². The van der Waals surface area contributed by atoms with E-state index in [1.807, 2.05) is 0 Å². The molecule has 0 aromatic heterocycles. The van der Waals surface area contributed by atoms with Gasteiger partial charge in [-0.3, -0.25) is 28.8 Å². The van der Waals surface area contributed by atoms with Gasteiger partial charge in [0, 0.05) is 6.42 Å². The minimum absolute atomic E-state index is 0.322. The lowest BCUT2D eigenvalue weighted by Crippen LogP contribution is -2.57. The molecule has 0 saturated heterocycles. The zero-order chi connectivity index (χ0) is 24.3. The Balaban J connectivity index is 5.15. The lowest BCUT2D eigenvalue weighted by Gasteiger charge is -2.23. The van der Waals surface area contributed by atoms with Crippen molar-refractivity contribution in [3.05, 3.63) is 0 Å². The zero-order valence-corrected chi connectivity index (χ0v) is 16.8. The molecule has 0 fully saturated rings. The van der Waals surface area contributed by atoms with Crippen LogP contribution < -0.4 is 38.9 Å². The average molecular weight is 445 g/mol. The number of carboxylic acids is 1. The van der Waals surface area contributed by atoms with Crippen LogP contribution in [0.25, 0.3) is 0 Å². The fourth-order valence-corrected chi connectivity index (χ4v) is 2.22. The van der Waals surface area contributed by atoms with Gasteiger partial charge >= 0.3 is 5.97 Å². The van der Waals surface area contributed by atoms with Crippen LogP contribution in [0, 0.1) is 0 Å². The highest BCUT2D eigenvalue weighted by molar-refractivity contribution is 5.96. The Morgan fingerprint density at radius 1 is 0.742 bits per heavy atom. The van der Waals surface area contributed by atoms with Crippen molar-refractivity contribution in [2.75, 3.05) is 0 Å². The first-order valence-corrected chi connectivity index (χ1v) is 8.99. The average Bonchev–Trinajstić information content (AvgIpc) is 2.62. The highest BCUT2D eigenvalue weighted by Crippen LogP contribution is 2.01. The third kappa shape index (κ3) is 11.1.